The molecule has 154 valence electrons. The number of rotatable bonds is 6. The lowest BCUT2D eigenvalue weighted by molar-refractivity contribution is 0.0955. The van der Waals surface area contributed by atoms with Gasteiger partial charge >= 0.3 is 0 Å². The van der Waals surface area contributed by atoms with Crippen LogP contribution in [0.2, 0.25) is 5.02 Å². The summed E-state index contributed by atoms with van der Waals surface area (Å²) in [6.07, 6.45) is 1.26. The van der Waals surface area contributed by atoms with Crippen molar-refractivity contribution in [1.82, 2.24) is 5.43 Å². The molecule has 0 unspecified atom stereocenters. The molecule has 0 spiro atoms. The summed E-state index contributed by atoms with van der Waals surface area (Å²) in [5, 5.41) is 23.0. The summed E-state index contributed by atoms with van der Waals surface area (Å²) < 4.78 is 27.6. The zero-order chi connectivity index (χ0) is 21.7. The summed E-state index contributed by atoms with van der Waals surface area (Å²) in [6, 6.07) is 15.6. The Balaban J connectivity index is 1.72. The van der Waals surface area contributed by atoms with Crippen LogP contribution in [0.5, 0.6) is 11.5 Å². The smallest absolute Gasteiger partial charge is 0.271 e. The van der Waals surface area contributed by atoms with Gasteiger partial charge in [-0.15, -0.1) is 0 Å². The average Bonchev–Trinajstić information content (AvgIpc) is 2.72. The van der Waals surface area contributed by atoms with Crippen molar-refractivity contribution in [3.8, 4) is 11.5 Å². The maximum Gasteiger partial charge on any atom is 0.271 e. The van der Waals surface area contributed by atoms with E-state index < -0.39 is 15.9 Å². The highest BCUT2D eigenvalue weighted by Gasteiger charge is 2.16. The lowest BCUT2D eigenvalue weighted by atomic mass is 10.2. The van der Waals surface area contributed by atoms with E-state index in [1.807, 2.05) is 0 Å². The third-order valence-electron chi connectivity index (χ3n) is 3.88. The van der Waals surface area contributed by atoms with Crippen molar-refractivity contribution < 1.29 is 23.4 Å². The van der Waals surface area contributed by atoms with E-state index in [2.05, 4.69) is 15.2 Å². The highest BCUT2D eigenvalue weighted by atomic mass is 35.5. The predicted molar refractivity (Wildman–Crippen MR) is 114 cm³/mol. The van der Waals surface area contributed by atoms with Crippen LogP contribution in [0.1, 0.15) is 15.9 Å². The second-order valence-corrected chi connectivity index (χ2v) is 8.21. The molecule has 0 bridgehead atoms. The van der Waals surface area contributed by atoms with E-state index in [1.165, 1.54) is 60.8 Å². The van der Waals surface area contributed by atoms with E-state index in [0.29, 0.717) is 16.3 Å². The van der Waals surface area contributed by atoms with Crippen molar-refractivity contribution >= 4 is 39.4 Å². The fraction of sp³-hybridized carbons (Fsp3) is 0. The number of carbonyl (C=O) groups excluding carboxylic acids is 1. The molecule has 0 fully saturated rings. The van der Waals surface area contributed by atoms with Crippen molar-refractivity contribution in [3.63, 3.8) is 0 Å². The first-order valence-electron chi connectivity index (χ1n) is 8.48. The number of benzene rings is 3. The van der Waals surface area contributed by atoms with Crippen LogP contribution in [0.15, 0.2) is 76.7 Å². The number of carbonyl (C=O) groups is 1. The van der Waals surface area contributed by atoms with Crippen molar-refractivity contribution in [2.24, 2.45) is 5.10 Å². The molecule has 3 aromatic carbocycles. The Morgan fingerprint density at radius 2 is 1.70 bits per heavy atom. The molecule has 0 aliphatic rings. The monoisotopic (exact) mass is 445 g/mol. The van der Waals surface area contributed by atoms with Crippen LogP contribution >= 0.6 is 11.6 Å². The third-order valence-corrected chi connectivity index (χ3v) is 5.51. The van der Waals surface area contributed by atoms with Gasteiger partial charge in [-0.3, -0.25) is 9.52 Å². The van der Waals surface area contributed by atoms with E-state index in [1.54, 1.807) is 12.1 Å². The number of phenols is 2. The van der Waals surface area contributed by atoms with Gasteiger partial charge in [0.2, 0.25) is 0 Å². The molecule has 8 nitrogen and oxygen atoms in total. The first-order valence-corrected chi connectivity index (χ1v) is 10.3. The number of halogens is 1. The normalized spacial score (nSPS) is 11.4. The van der Waals surface area contributed by atoms with Crippen LogP contribution in [0.4, 0.5) is 5.69 Å². The lowest BCUT2D eigenvalue weighted by Crippen LogP contribution is -2.19. The summed E-state index contributed by atoms with van der Waals surface area (Å²) in [5.74, 6) is -1.23. The number of aromatic hydroxyl groups is 2. The van der Waals surface area contributed by atoms with Gasteiger partial charge in [0.1, 0.15) is 0 Å². The molecule has 4 N–H and O–H groups in total. The van der Waals surface area contributed by atoms with Crippen molar-refractivity contribution in [2.75, 3.05) is 4.72 Å². The quantitative estimate of drug-likeness (QED) is 0.263. The van der Waals surface area contributed by atoms with E-state index >= 15 is 0 Å². The van der Waals surface area contributed by atoms with Crippen molar-refractivity contribution in [1.29, 1.82) is 0 Å². The fourth-order valence-corrected chi connectivity index (χ4v) is 3.62. The highest BCUT2D eigenvalue weighted by molar-refractivity contribution is 7.92. The minimum Gasteiger partial charge on any atom is -0.504 e. The third kappa shape index (κ3) is 5.28. The number of phenolic OH excluding ortho intramolecular Hbond substituents is 2. The molecule has 10 heteroatoms. The number of hydrazone groups is 1. The Bertz CT molecular complexity index is 1210. The Morgan fingerprint density at radius 1 is 0.967 bits per heavy atom. The molecular weight excluding hydrogens is 430 g/mol. The number of nitrogens with one attached hydrogen (secondary N) is 2. The summed E-state index contributed by atoms with van der Waals surface area (Å²) >= 11 is 5.79. The maximum absolute atomic E-state index is 12.6. The number of anilines is 1. The molecule has 0 aliphatic heterocycles. The van der Waals surface area contributed by atoms with Gasteiger partial charge in [-0.1, -0.05) is 17.7 Å². The largest absolute Gasteiger partial charge is 0.504 e. The minimum absolute atomic E-state index is 0.0830. The van der Waals surface area contributed by atoms with Crippen LogP contribution in [0.3, 0.4) is 0 Å². The zero-order valence-electron chi connectivity index (χ0n) is 15.3. The van der Waals surface area contributed by atoms with Gasteiger partial charge in [-0.25, -0.2) is 13.8 Å². The lowest BCUT2D eigenvalue weighted by Gasteiger charge is -2.09. The van der Waals surface area contributed by atoms with Crippen LogP contribution in [0, 0.1) is 0 Å². The Kier molecular flexibility index (Phi) is 6.24. The second-order valence-electron chi connectivity index (χ2n) is 6.09. The topological polar surface area (TPSA) is 128 Å². The molecule has 3 aromatic rings. The van der Waals surface area contributed by atoms with E-state index in [4.69, 9.17) is 11.6 Å². The molecule has 0 saturated heterocycles. The Morgan fingerprint density at radius 3 is 2.40 bits per heavy atom. The molecule has 0 atom stereocenters. The number of amides is 1. The average molecular weight is 446 g/mol. The SMILES string of the molecule is O=C(N/N=C/c1ccc(O)c(O)c1)c1cccc(S(=O)(=O)Nc2ccc(Cl)cc2)c1. The van der Waals surface area contributed by atoms with E-state index in [9.17, 15) is 23.4 Å². The molecule has 0 saturated carbocycles. The van der Waals surface area contributed by atoms with Gasteiger partial charge in [-0.2, -0.15) is 5.10 Å². The first kappa shape index (κ1) is 21.2. The number of nitrogens with zero attached hydrogens (tertiary/aromatic N) is 1. The molecular formula is C20H16ClN3O5S. The van der Waals surface area contributed by atoms with Gasteiger partial charge in [-0.05, 0) is 66.2 Å². The number of sulfonamides is 1. The van der Waals surface area contributed by atoms with Crippen LogP contribution < -0.4 is 10.1 Å². The van der Waals surface area contributed by atoms with Gasteiger partial charge < -0.3 is 10.2 Å². The maximum atomic E-state index is 12.6. The standard InChI is InChI=1S/C20H16ClN3O5S/c21-15-5-7-16(8-6-15)24-30(28,29)17-3-1-2-14(11-17)20(27)23-22-12-13-4-9-18(25)19(26)10-13/h1-12,24-26H,(H,23,27)/b22-12+. The molecule has 3 rings (SSSR count). The molecule has 0 aliphatic carbocycles. The summed E-state index contributed by atoms with van der Waals surface area (Å²) in [5.41, 5.74) is 3.12. The van der Waals surface area contributed by atoms with Gasteiger partial charge in [0, 0.05) is 16.3 Å². The number of hydrogen-bond donors (Lipinski definition) is 4. The molecule has 0 heterocycles. The van der Waals surface area contributed by atoms with Crippen LogP contribution in [0.25, 0.3) is 0 Å². The predicted octanol–water partition coefficient (Wildman–Crippen LogP) is 3.32. The van der Waals surface area contributed by atoms with Crippen molar-refractivity contribution in [2.45, 2.75) is 4.90 Å². The first-order chi connectivity index (χ1) is 14.2. The number of hydrogen-bond acceptors (Lipinski definition) is 6. The molecule has 1 amide bonds. The van der Waals surface area contributed by atoms with E-state index in [-0.39, 0.29) is 22.0 Å². The summed E-state index contributed by atoms with van der Waals surface area (Å²) in [7, 11) is -3.92. The van der Waals surface area contributed by atoms with Crippen molar-refractivity contribution in [3.05, 3.63) is 82.9 Å². The Labute approximate surface area is 177 Å². The van der Waals surface area contributed by atoms with Gasteiger partial charge in [0.25, 0.3) is 15.9 Å². The molecule has 30 heavy (non-hydrogen) atoms. The molecule has 0 radical (unpaired) electrons. The second kappa shape index (κ2) is 8.85. The Hall–Kier alpha value is -3.56. The van der Waals surface area contributed by atoms with Crippen LogP contribution in [-0.2, 0) is 10.0 Å². The fourth-order valence-electron chi connectivity index (χ4n) is 2.39. The van der Waals surface area contributed by atoms with Crippen LogP contribution in [-0.4, -0.2) is 30.8 Å². The zero-order valence-corrected chi connectivity index (χ0v) is 16.9. The van der Waals surface area contributed by atoms with E-state index in [0.717, 1.165) is 0 Å². The summed E-state index contributed by atoms with van der Waals surface area (Å²) in [4.78, 5) is 12.2. The summed E-state index contributed by atoms with van der Waals surface area (Å²) in [6.45, 7) is 0. The highest BCUT2D eigenvalue weighted by Crippen LogP contribution is 2.24. The van der Waals surface area contributed by atoms with Gasteiger partial charge in [0.15, 0.2) is 11.5 Å². The molecule has 0 aromatic heterocycles. The minimum atomic E-state index is -3.92. The van der Waals surface area contributed by atoms with Gasteiger partial charge in [0.05, 0.1) is 11.1 Å².